The lowest BCUT2D eigenvalue weighted by Gasteiger charge is -2.41. The predicted molar refractivity (Wildman–Crippen MR) is 89.9 cm³/mol. The Labute approximate surface area is 157 Å². The van der Waals surface area contributed by atoms with E-state index in [1.54, 1.807) is 13.8 Å². The van der Waals surface area contributed by atoms with Crippen LogP contribution in [0.5, 0.6) is 0 Å². The molecule has 10 heteroatoms. The Morgan fingerprint density at radius 3 is 2.30 bits per heavy atom. The quantitative estimate of drug-likeness (QED) is 0.304. The molecule has 156 valence electrons. The molecular formula is C17H29NO9. The van der Waals surface area contributed by atoms with Crippen LogP contribution in [0.25, 0.3) is 0 Å². The number of esters is 1. The van der Waals surface area contributed by atoms with E-state index < -0.39 is 67.0 Å². The highest BCUT2D eigenvalue weighted by Gasteiger charge is 2.47. The van der Waals surface area contributed by atoms with Gasteiger partial charge in [-0.3, -0.25) is 0 Å². The lowest BCUT2D eigenvalue weighted by Crippen LogP contribution is -2.60. The van der Waals surface area contributed by atoms with Crippen molar-refractivity contribution in [3.63, 3.8) is 0 Å². The second-order valence-electron chi connectivity index (χ2n) is 6.83. The first-order valence-electron chi connectivity index (χ1n) is 8.81. The first-order valence-corrected chi connectivity index (χ1v) is 8.81. The summed E-state index contributed by atoms with van der Waals surface area (Å²) in [5.41, 5.74) is -2.12. The number of nitrogens with zero attached hydrogens (tertiary/aromatic N) is 1. The zero-order valence-corrected chi connectivity index (χ0v) is 15.8. The lowest BCUT2D eigenvalue weighted by molar-refractivity contribution is -0.313. The van der Waals surface area contributed by atoms with E-state index in [0.29, 0.717) is 0 Å². The molecule has 1 fully saturated rings. The van der Waals surface area contributed by atoms with Gasteiger partial charge in [0.15, 0.2) is 11.9 Å². The molecule has 0 bridgehead atoms. The van der Waals surface area contributed by atoms with E-state index in [0.717, 1.165) is 0 Å². The SMILES string of the molecule is CC[C@@](O)(C(=O)OC[C@H]1O[C@@H](O[C@@H](C)[C@@H](C)C#N)[C@H](O)[C@@H](O)[C@@H]1O)[C@@H](C)O. The van der Waals surface area contributed by atoms with Crippen molar-refractivity contribution < 1.29 is 44.5 Å². The smallest absolute Gasteiger partial charge is 0.340 e. The Balaban J connectivity index is 2.79. The van der Waals surface area contributed by atoms with Crippen LogP contribution in [-0.4, -0.2) is 86.6 Å². The molecule has 1 saturated heterocycles. The molecule has 1 heterocycles. The summed E-state index contributed by atoms with van der Waals surface area (Å²) in [4.78, 5) is 12.1. The van der Waals surface area contributed by atoms with Crippen LogP contribution >= 0.6 is 0 Å². The molecule has 5 N–H and O–H groups in total. The predicted octanol–water partition coefficient (Wildman–Crippen LogP) is -1.58. The maximum atomic E-state index is 12.1. The summed E-state index contributed by atoms with van der Waals surface area (Å²) in [5, 5.41) is 58.7. The monoisotopic (exact) mass is 391 g/mol. The first-order chi connectivity index (χ1) is 12.5. The van der Waals surface area contributed by atoms with Crippen molar-refractivity contribution in [1.82, 2.24) is 0 Å². The van der Waals surface area contributed by atoms with Crippen LogP contribution in [0.4, 0.5) is 0 Å². The molecular weight excluding hydrogens is 362 g/mol. The number of hydrogen-bond acceptors (Lipinski definition) is 10. The maximum absolute atomic E-state index is 12.1. The molecule has 0 amide bonds. The minimum absolute atomic E-state index is 0.103. The van der Waals surface area contributed by atoms with Crippen LogP contribution in [0.2, 0.25) is 0 Å². The zero-order valence-electron chi connectivity index (χ0n) is 15.8. The van der Waals surface area contributed by atoms with Gasteiger partial charge in [-0.15, -0.1) is 0 Å². The highest BCUT2D eigenvalue weighted by Crippen LogP contribution is 2.25. The van der Waals surface area contributed by atoms with Crippen molar-refractivity contribution in [2.45, 2.75) is 82.6 Å². The normalized spacial score (nSPS) is 34.0. The Hall–Kier alpha value is -1.32. The van der Waals surface area contributed by atoms with Gasteiger partial charge in [-0.25, -0.2) is 4.79 Å². The van der Waals surface area contributed by atoms with Gasteiger partial charge in [0.05, 0.1) is 24.2 Å². The highest BCUT2D eigenvalue weighted by molar-refractivity contribution is 5.80. The van der Waals surface area contributed by atoms with Crippen LogP contribution in [0, 0.1) is 17.2 Å². The molecule has 0 aliphatic carbocycles. The lowest BCUT2D eigenvalue weighted by atomic mass is 9.95. The van der Waals surface area contributed by atoms with Gasteiger partial charge in [0.1, 0.15) is 31.0 Å². The molecule has 0 aromatic heterocycles. The molecule has 9 atom stereocenters. The summed E-state index contributed by atoms with van der Waals surface area (Å²) in [5.74, 6) is -1.63. The van der Waals surface area contributed by atoms with Crippen LogP contribution in [-0.2, 0) is 19.0 Å². The number of rotatable bonds is 8. The van der Waals surface area contributed by atoms with Crippen LogP contribution in [0.1, 0.15) is 34.1 Å². The van der Waals surface area contributed by atoms with Crippen LogP contribution in [0.15, 0.2) is 0 Å². The molecule has 1 aliphatic heterocycles. The number of ether oxygens (including phenoxy) is 3. The average molecular weight is 391 g/mol. The van der Waals surface area contributed by atoms with Crippen molar-refractivity contribution in [2.24, 2.45) is 5.92 Å². The number of carbonyl (C=O) groups excluding carboxylic acids is 1. The number of aliphatic hydroxyl groups excluding tert-OH is 4. The van der Waals surface area contributed by atoms with Crippen LogP contribution < -0.4 is 0 Å². The van der Waals surface area contributed by atoms with E-state index >= 15 is 0 Å². The van der Waals surface area contributed by atoms with Crippen LogP contribution in [0.3, 0.4) is 0 Å². The Kier molecular flexibility index (Phi) is 8.56. The fraction of sp³-hybridized carbons (Fsp3) is 0.882. The molecule has 0 spiro atoms. The van der Waals surface area contributed by atoms with Crippen molar-refractivity contribution in [3.05, 3.63) is 0 Å². The van der Waals surface area contributed by atoms with E-state index in [2.05, 4.69) is 0 Å². The first kappa shape index (κ1) is 23.7. The average Bonchev–Trinajstić information content (AvgIpc) is 2.65. The van der Waals surface area contributed by atoms with E-state index in [9.17, 15) is 30.3 Å². The second-order valence-corrected chi connectivity index (χ2v) is 6.83. The molecule has 0 unspecified atom stereocenters. The van der Waals surface area contributed by atoms with Gasteiger partial charge in [-0.05, 0) is 27.2 Å². The molecule has 0 aromatic carbocycles. The molecule has 0 aromatic rings. The van der Waals surface area contributed by atoms with Gasteiger partial charge < -0.3 is 39.7 Å². The van der Waals surface area contributed by atoms with Crippen molar-refractivity contribution in [2.75, 3.05) is 6.61 Å². The molecule has 1 aliphatic rings. The molecule has 0 radical (unpaired) electrons. The third kappa shape index (κ3) is 5.36. The minimum Gasteiger partial charge on any atom is -0.461 e. The molecule has 27 heavy (non-hydrogen) atoms. The fourth-order valence-corrected chi connectivity index (χ4v) is 2.49. The number of carbonyl (C=O) groups is 1. The topological polar surface area (TPSA) is 170 Å². The van der Waals surface area contributed by atoms with Gasteiger partial charge in [-0.1, -0.05) is 6.92 Å². The minimum atomic E-state index is -2.12. The van der Waals surface area contributed by atoms with E-state index in [1.807, 2.05) is 6.07 Å². The highest BCUT2D eigenvalue weighted by atomic mass is 16.7. The third-order valence-electron chi connectivity index (χ3n) is 4.89. The van der Waals surface area contributed by atoms with E-state index in [-0.39, 0.29) is 6.42 Å². The van der Waals surface area contributed by atoms with Gasteiger partial charge in [-0.2, -0.15) is 5.26 Å². The summed E-state index contributed by atoms with van der Waals surface area (Å²) >= 11 is 0. The van der Waals surface area contributed by atoms with E-state index in [1.165, 1.54) is 13.8 Å². The third-order valence-corrected chi connectivity index (χ3v) is 4.89. The number of hydrogen-bond donors (Lipinski definition) is 5. The molecule has 1 rings (SSSR count). The summed E-state index contributed by atoms with van der Waals surface area (Å²) in [6.07, 6.45) is -9.54. The molecule has 10 nitrogen and oxygen atoms in total. The molecule has 0 saturated carbocycles. The van der Waals surface area contributed by atoms with Gasteiger partial charge >= 0.3 is 5.97 Å². The maximum Gasteiger partial charge on any atom is 0.340 e. The second kappa shape index (κ2) is 9.75. The van der Waals surface area contributed by atoms with Crippen molar-refractivity contribution in [3.8, 4) is 6.07 Å². The summed E-state index contributed by atoms with van der Waals surface area (Å²) in [6, 6.07) is 1.98. The Morgan fingerprint density at radius 2 is 1.81 bits per heavy atom. The van der Waals surface area contributed by atoms with Gasteiger partial charge in [0.25, 0.3) is 0 Å². The summed E-state index contributed by atoms with van der Waals surface area (Å²) in [6.45, 7) is 5.35. The van der Waals surface area contributed by atoms with E-state index in [4.69, 9.17) is 19.5 Å². The number of nitriles is 1. The fourth-order valence-electron chi connectivity index (χ4n) is 2.49. The standard InChI is InChI=1S/C17H29NO9/c1-5-17(24,10(4)19)16(23)25-7-11-12(20)13(21)14(22)15(27-11)26-9(3)8(2)6-18/h8-15,19-22,24H,5,7H2,1-4H3/t8-,9-,10+,11+,12+,13-,14+,15+,17-/m0/s1. The van der Waals surface area contributed by atoms with Crippen molar-refractivity contribution >= 4 is 5.97 Å². The Morgan fingerprint density at radius 1 is 1.22 bits per heavy atom. The van der Waals surface area contributed by atoms with Gasteiger partial charge in [0.2, 0.25) is 0 Å². The zero-order chi connectivity index (χ0) is 20.9. The summed E-state index contributed by atoms with van der Waals surface area (Å²) < 4.78 is 15.8. The largest absolute Gasteiger partial charge is 0.461 e. The van der Waals surface area contributed by atoms with Gasteiger partial charge in [0, 0.05) is 0 Å². The van der Waals surface area contributed by atoms with Crippen molar-refractivity contribution in [1.29, 1.82) is 5.26 Å². The summed E-state index contributed by atoms with van der Waals surface area (Å²) in [7, 11) is 0. The number of aliphatic hydroxyl groups is 5. The Bertz CT molecular complexity index is 537.